The van der Waals surface area contributed by atoms with Gasteiger partial charge in [0.2, 0.25) is 0 Å². The Balaban J connectivity index is 1.85. The topological polar surface area (TPSA) is 57.0 Å². The van der Waals surface area contributed by atoms with Crippen molar-refractivity contribution >= 4 is 6.29 Å². The van der Waals surface area contributed by atoms with Gasteiger partial charge in [-0.15, -0.1) is 5.10 Å². The Hall–Kier alpha value is -3.02. The summed E-state index contributed by atoms with van der Waals surface area (Å²) >= 11 is 0. The lowest BCUT2D eigenvalue weighted by molar-refractivity contribution is 0.112. The highest BCUT2D eigenvalue weighted by molar-refractivity contribution is 5.75. The van der Waals surface area contributed by atoms with Crippen LogP contribution in [0.1, 0.15) is 10.4 Å². The maximum atomic E-state index is 13.3. The predicted octanol–water partition coefficient (Wildman–Crippen LogP) is 3.01. The lowest BCUT2D eigenvalue weighted by Gasteiger charge is -2.02. The van der Waals surface area contributed by atoms with Crippen LogP contribution in [0.4, 0.5) is 4.39 Å². The van der Waals surface area contributed by atoms with Crippen LogP contribution in [0.5, 0.6) is 11.8 Å². The highest BCUT2D eigenvalue weighted by atomic mass is 19.1. The van der Waals surface area contributed by atoms with E-state index >= 15 is 0 Å². The molecule has 0 fully saturated rings. The molecule has 3 rings (SSSR count). The molecule has 0 amide bonds. The molecule has 0 aliphatic rings. The molecule has 1 aromatic heterocycles. The van der Waals surface area contributed by atoms with Gasteiger partial charge in [-0.3, -0.25) is 4.79 Å². The molecule has 0 aliphatic carbocycles. The van der Waals surface area contributed by atoms with Crippen molar-refractivity contribution in [2.45, 2.75) is 0 Å². The van der Waals surface area contributed by atoms with Gasteiger partial charge in [0.05, 0.1) is 5.69 Å². The summed E-state index contributed by atoms with van der Waals surface area (Å²) in [4.78, 5) is 14.7. The maximum Gasteiger partial charge on any atom is 0.341 e. The molecule has 6 heteroatoms. The summed E-state index contributed by atoms with van der Waals surface area (Å²) < 4.78 is 20.2. The second kappa shape index (κ2) is 5.54. The Morgan fingerprint density at radius 3 is 2.71 bits per heavy atom. The molecule has 0 unspecified atom stereocenters. The molecule has 21 heavy (non-hydrogen) atoms. The van der Waals surface area contributed by atoms with E-state index in [0.29, 0.717) is 6.29 Å². The largest absolute Gasteiger partial charge is 0.423 e. The number of para-hydroxylation sites is 1. The SMILES string of the molecule is O=Cc1cc(F)cc(Oc2ncn(-c3ccccc3)n2)c1. The van der Waals surface area contributed by atoms with Gasteiger partial charge in [0, 0.05) is 11.6 Å². The van der Waals surface area contributed by atoms with E-state index < -0.39 is 5.82 Å². The molecule has 3 aromatic rings. The molecule has 0 atom stereocenters. The fourth-order valence-corrected chi connectivity index (χ4v) is 1.82. The summed E-state index contributed by atoms with van der Waals surface area (Å²) in [5, 5.41) is 4.13. The first-order chi connectivity index (χ1) is 10.2. The first kappa shape index (κ1) is 13.0. The molecular weight excluding hydrogens is 273 g/mol. The predicted molar refractivity (Wildman–Crippen MR) is 73.2 cm³/mol. The Bertz CT molecular complexity index is 772. The minimum atomic E-state index is -0.558. The van der Waals surface area contributed by atoms with Crippen molar-refractivity contribution in [1.29, 1.82) is 0 Å². The second-order valence-corrected chi connectivity index (χ2v) is 4.25. The third kappa shape index (κ3) is 2.94. The number of aldehydes is 1. The second-order valence-electron chi connectivity index (χ2n) is 4.25. The summed E-state index contributed by atoms with van der Waals surface area (Å²) in [7, 11) is 0. The van der Waals surface area contributed by atoms with E-state index in [1.165, 1.54) is 17.1 Å². The van der Waals surface area contributed by atoms with Gasteiger partial charge in [0.1, 0.15) is 24.2 Å². The molecule has 0 aliphatic heterocycles. The summed E-state index contributed by atoms with van der Waals surface area (Å²) in [6.07, 6.45) is 2.04. The van der Waals surface area contributed by atoms with Gasteiger partial charge in [-0.25, -0.2) is 9.07 Å². The van der Waals surface area contributed by atoms with Crippen LogP contribution in [0, 0.1) is 5.82 Å². The molecule has 0 saturated carbocycles. The maximum absolute atomic E-state index is 13.3. The first-order valence-electron chi connectivity index (χ1n) is 6.15. The van der Waals surface area contributed by atoms with E-state index in [1.54, 1.807) is 0 Å². The lowest BCUT2D eigenvalue weighted by atomic mass is 10.2. The van der Waals surface area contributed by atoms with Gasteiger partial charge in [-0.05, 0) is 24.3 Å². The van der Waals surface area contributed by atoms with Crippen molar-refractivity contribution < 1.29 is 13.9 Å². The average molecular weight is 283 g/mol. The van der Waals surface area contributed by atoms with Crippen molar-refractivity contribution in [2.24, 2.45) is 0 Å². The van der Waals surface area contributed by atoms with Crippen LogP contribution < -0.4 is 4.74 Å². The lowest BCUT2D eigenvalue weighted by Crippen LogP contribution is -1.95. The Morgan fingerprint density at radius 2 is 1.95 bits per heavy atom. The molecular formula is C15H10FN3O2. The Kier molecular flexibility index (Phi) is 3.42. The van der Waals surface area contributed by atoms with Gasteiger partial charge in [0.25, 0.3) is 0 Å². The summed E-state index contributed by atoms with van der Waals surface area (Å²) in [6, 6.07) is 13.1. The van der Waals surface area contributed by atoms with Crippen LogP contribution in [-0.4, -0.2) is 21.1 Å². The molecule has 5 nitrogen and oxygen atoms in total. The number of hydrogen-bond acceptors (Lipinski definition) is 4. The van der Waals surface area contributed by atoms with Crippen molar-refractivity contribution in [1.82, 2.24) is 14.8 Å². The van der Waals surface area contributed by atoms with Crippen LogP contribution in [0.2, 0.25) is 0 Å². The quantitative estimate of drug-likeness (QED) is 0.691. The van der Waals surface area contributed by atoms with Crippen molar-refractivity contribution in [2.75, 3.05) is 0 Å². The van der Waals surface area contributed by atoms with Gasteiger partial charge in [0.15, 0.2) is 0 Å². The zero-order chi connectivity index (χ0) is 14.7. The van der Waals surface area contributed by atoms with Crippen LogP contribution in [0.3, 0.4) is 0 Å². The molecule has 0 saturated heterocycles. The zero-order valence-corrected chi connectivity index (χ0v) is 10.8. The van der Waals surface area contributed by atoms with Crippen molar-refractivity contribution in [3.8, 4) is 17.4 Å². The Morgan fingerprint density at radius 1 is 1.14 bits per heavy atom. The summed E-state index contributed by atoms with van der Waals surface area (Å²) in [6.45, 7) is 0. The third-order valence-corrected chi connectivity index (χ3v) is 2.73. The smallest absolute Gasteiger partial charge is 0.341 e. The number of carbonyl (C=O) groups excluding carboxylic acids is 1. The monoisotopic (exact) mass is 283 g/mol. The van der Waals surface area contributed by atoms with Crippen LogP contribution >= 0.6 is 0 Å². The van der Waals surface area contributed by atoms with Gasteiger partial charge >= 0.3 is 6.01 Å². The molecule has 2 aromatic carbocycles. The van der Waals surface area contributed by atoms with Crippen LogP contribution in [0.15, 0.2) is 54.9 Å². The van der Waals surface area contributed by atoms with Crippen molar-refractivity contribution in [3.05, 3.63) is 66.2 Å². The van der Waals surface area contributed by atoms with E-state index in [9.17, 15) is 9.18 Å². The van der Waals surface area contributed by atoms with Gasteiger partial charge in [-0.2, -0.15) is 4.98 Å². The number of halogens is 1. The fourth-order valence-electron chi connectivity index (χ4n) is 1.82. The standard InChI is InChI=1S/C15H10FN3O2/c16-12-6-11(9-20)7-14(8-12)21-15-17-10-19(18-15)13-4-2-1-3-5-13/h1-10H. The van der Waals surface area contributed by atoms with Gasteiger partial charge < -0.3 is 4.74 Å². The van der Waals surface area contributed by atoms with E-state index in [2.05, 4.69) is 10.1 Å². The molecule has 0 N–H and O–H groups in total. The highest BCUT2D eigenvalue weighted by Gasteiger charge is 2.07. The van der Waals surface area contributed by atoms with E-state index in [4.69, 9.17) is 4.74 Å². The minimum absolute atomic E-state index is 0.0707. The number of nitrogens with zero attached hydrogens (tertiary/aromatic N) is 3. The van der Waals surface area contributed by atoms with Crippen LogP contribution in [0.25, 0.3) is 5.69 Å². The average Bonchev–Trinajstić information content (AvgIpc) is 2.96. The van der Waals surface area contributed by atoms with E-state index in [1.807, 2.05) is 30.3 Å². The number of hydrogen-bond donors (Lipinski definition) is 0. The first-order valence-corrected chi connectivity index (χ1v) is 6.15. The van der Waals surface area contributed by atoms with Gasteiger partial charge in [-0.1, -0.05) is 18.2 Å². The summed E-state index contributed by atoms with van der Waals surface area (Å²) in [5.74, 6) is -0.389. The number of carbonyl (C=O) groups is 1. The Labute approximate surface area is 119 Å². The van der Waals surface area contributed by atoms with Crippen LogP contribution in [-0.2, 0) is 0 Å². The number of aromatic nitrogens is 3. The van der Waals surface area contributed by atoms with E-state index in [0.717, 1.165) is 17.8 Å². The third-order valence-electron chi connectivity index (χ3n) is 2.73. The number of benzene rings is 2. The number of rotatable bonds is 4. The fraction of sp³-hybridized carbons (Fsp3) is 0. The number of ether oxygens (including phenoxy) is 1. The van der Waals surface area contributed by atoms with E-state index in [-0.39, 0.29) is 17.3 Å². The van der Waals surface area contributed by atoms with Crippen molar-refractivity contribution in [3.63, 3.8) is 0 Å². The molecule has 1 heterocycles. The normalized spacial score (nSPS) is 10.3. The molecule has 104 valence electrons. The minimum Gasteiger partial charge on any atom is -0.423 e. The summed E-state index contributed by atoms with van der Waals surface area (Å²) in [5.41, 5.74) is 1.01. The molecule has 0 spiro atoms. The molecule has 0 bridgehead atoms. The highest BCUT2D eigenvalue weighted by Crippen LogP contribution is 2.20. The zero-order valence-electron chi connectivity index (χ0n) is 10.8. The molecule has 0 radical (unpaired) electrons.